The zero-order chi connectivity index (χ0) is 16.8. The molecule has 0 spiro atoms. The summed E-state index contributed by atoms with van der Waals surface area (Å²) in [5.74, 6) is -1.79. The van der Waals surface area contributed by atoms with Crippen LogP contribution in [-0.2, 0) is 15.8 Å². The molecule has 22 heavy (non-hydrogen) atoms. The van der Waals surface area contributed by atoms with Crippen molar-refractivity contribution >= 4 is 23.6 Å². The molecule has 0 aromatic heterocycles. The maximum atomic E-state index is 12.6. The van der Waals surface area contributed by atoms with E-state index in [0.29, 0.717) is 17.7 Å². The van der Waals surface area contributed by atoms with Crippen LogP contribution in [-0.4, -0.2) is 28.8 Å². The van der Waals surface area contributed by atoms with Gasteiger partial charge in [-0.2, -0.15) is 13.2 Å². The number of carbonyl (C=O) groups excluding carboxylic acids is 1. The van der Waals surface area contributed by atoms with Crippen LogP contribution in [0.25, 0.3) is 0 Å². The van der Waals surface area contributed by atoms with Crippen molar-refractivity contribution in [2.75, 3.05) is 5.75 Å². The molecule has 0 saturated heterocycles. The average molecular weight is 335 g/mol. The molecule has 0 saturated carbocycles. The number of carboxylic acids is 1. The zero-order valence-electron chi connectivity index (χ0n) is 11.8. The first-order chi connectivity index (χ1) is 10.2. The lowest BCUT2D eigenvalue weighted by atomic mass is 10.2. The van der Waals surface area contributed by atoms with E-state index in [2.05, 4.69) is 5.32 Å². The summed E-state index contributed by atoms with van der Waals surface area (Å²) in [5.41, 5.74) is -0.785. The van der Waals surface area contributed by atoms with Crippen molar-refractivity contribution in [1.82, 2.24) is 5.32 Å². The second-order valence-electron chi connectivity index (χ2n) is 4.56. The van der Waals surface area contributed by atoms with Crippen LogP contribution in [0.4, 0.5) is 13.2 Å². The SMILES string of the molecule is CCCC(NC(=O)CSc1cccc(C(F)(F)F)c1)C(=O)O. The third-order valence-electron chi connectivity index (χ3n) is 2.74. The molecule has 2 N–H and O–H groups in total. The van der Waals surface area contributed by atoms with Gasteiger partial charge in [-0.05, 0) is 24.6 Å². The van der Waals surface area contributed by atoms with Crippen molar-refractivity contribution in [3.8, 4) is 0 Å². The van der Waals surface area contributed by atoms with Crippen LogP contribution in [0.2, 0.25) is 0 Å². The lowest BCUT2D eigenvalue weighted by Gasteiger charge is -2.13. The van der Waals surface area contributed by atoms with Crippen LogP contribution >= 0.6 is 11.8 Å². The monoisotopic (exact) mass is 335 g/mol. The Bertz CT molecular complexity index is 534. The molecule has 122 valence electrons. The van der Waals surface area contributed by atoms with Crippen LogP contribution in [0.3, 0.4) is 0 Å². The van der Waals surface area contributed by atoms with Gasteiger partial charge in [-0.3, -0.25) is 4.79 Å². The summed E-state index contributed by atoms with van der Waals surface area (Å²) in [6.07, 6.45) is -3.54. The summed E-state index contributed by atoms with van der Waals surface area (Å²) in [7, 11) is 0. The number of rotatable bonds is 7. The Kier molecular flexibility index (Phi) is 6.73. The summed E-state index contributed by atoms with van der Waals surface area (Å²) < 4.78 is 37.7. The molecule has 0 bridgehead atoms. The molecule has 1 unspecified atom stereocenters. The molecule has 0 aliphatic carbocycles. The molecule has 4 nitrogen and oxygen atoms in total. The summed E-state index contributed by atoms with van der Waals surface area (Å²) in [6, 6.07) is 3.66. The van der Waals surface area contributed by atoms with Crippen molar-refractivity contribution in [3.05, 3.63) is 29.8 Å². The highest BCUT2D eigenvalue weighted by molar-refractivity contribution is 8.00. The molecule has 1 aromatic rings. The number of benzene rings is 1. The van der Waals surface area contributed by atoms with E-state index in [-0.39, 0.29) is 5.75 Å². The van der Waals surface area contributed by atoms with Gasteiger partial charge in [-0.1, -0.05) is 19.4 Å². The van der Waals surface area contributed by atoms with Gasteiger partial charge < -0.3 is 10.4 Å². The molecule has 0 radical (unpaired) electrons. The Morgan fingerprint density at radius 2 is 2.05 bits per heavy atom. The number of thioether (sulfide) groups is 1. The van der Waals surface area contributed by atoms with Crippen LogP contribution in [0.1, 0.15) is 25.3 Å². The van der Waals surface area contributed by atoms with Crippen LogP contribution < -0.4 is 5.32 Å². The van der Waals surface area contributed by atoms with Crippen LogP contribution in [0.15, 0.2) is 29.2 Å². The lowest BCUT2D eigenvalue weighted by Crippen LogP contribution is -2.41. The van der Waals surface area contributed by atoms with Gasteiger partial charge in [-0.15, -0.1) is 11.8 Å². The van der Waals surface area contributed by atoms with E-state index >= 15 is 0 Å². The normalized spacial score (nSPS) is 12.7. The number of halogens is 3. The highest BCUT2D eigenvalue weighted by atomic mass is 32.2. The molecule has 0 heterocycles. The number of hydrogen-bond acceptors (Lipinski definition) is 3. The molecule has 8 heteroatoms. The van der Waals surface area contributed by atoms with Gasteiger partial charge in [0.2, 0.25) is 5.91 Å². The standard InChI is InChI=1S/C14H16F3NO3S/c1-2-4-11(13(20)21)18-12(19)8-22-10-6-3-5-9(7-10)14(15,16)17/h3,5-7,11H,2,4,8H2,1H3,(H,18,19)(H,20,21). The van der Waals surface area contributed by atoms with Crippen molar-refractivity contribution in [2.24, 2.45) is 0 Å². The Hall–Kier alpha value is -1.70. The first kappa shape index (κ1) is 18.3. The summed E-state index contributed by atoms with van der Waals surface area (Å²) in [4.78, 5) is 22.9. The number of hydrogen-bond donors (Lipinski definition) is 2. The summed E-state index contributed by atoms with van der Waals surface area (Å²) in [6.45, 7) is 1.79. The maximum Gasteiger partial charge on any atom is 0.416 e. The number of aliphatic carboxylic acids is 1. The van der Waals surface area contributed by atoms with Crippen molar-refractivity contribution < 1.29 is 27.9 Å². The number of carboxylic acid groups (broad SMARTS) is 1. The Morgan fingerprint density at radius 1 is 1.36 bits per heavy atom. The maximum absolute atomic E-state index is 12.6. The number of alkyl halides is 3. The van der Waals surface area contributed by atoms with E-state index in [1.807, 2.05) is 0 Å². The number of carbonyl (C=O) groups is 2. The number of amides is 1. The molecular formula is C14H16F3NO3S. The van der Waals surface area contributed by atoms with Gasteiger partial charge in [0, 0.05) is 4.90 Å². The van der Waals surface area contributed by atoms with Crippen LogP contribution in [0.5, 0.6) is 0 Å². The highest BCUT2D eigenvalue weighted by Gasteiger charge is 2.30. The van der Waals surface area contributed by atoms with Gasteiger partial charge in [0.1, 0.15) is 6.04 Å². The first-order valence-electron chi connectivity index (χ1n) is 6.56. The van der Waals surface area contributed by atoms with E-state index < -0.39 is 29.7 Å². The van der Waals surface area contributed by atoms with Crippen molar-refractivity contribution in [2.45, 2.75) is 36.9 Å². The minimum atomic E-state index is -4.44. The Morgan fingerprint density at radius 3 is 2.59 bits per heavy atom. The lowest BCUT2D eigenvalue weighted by molar-refractivity contribution is -0.141. The molecule has 0 aliphatic heterocycles. The molecule has 1 amide bonds. The van der Waals surface area contributed by atoms with E-state index in [4.69, 9.17) is 5.11 Å². The van der Waals surface area contributed by atoms with E-state index in [1.54, 1.807) is 6.92 Å². The average Bonchev–Trinajstić information content (AvgIpc) is 2.44. The fourth-order valence-electron chi connectivity index (χ4n) is 1.69. The second kappa shape index (κ2) is 8.07. The van der Waals surface area contributed by atoms with Gasteiger partial charge in [0.05, 0.1) is 11.3 Å². The predicted molar refractivity (Wildman–Crippen MR) is 76.6 cm³/mol. The molecule has 1 rings (SSSR count). The minimum absolute atomic E-state index is 0.144. The zero-order valence-corrected chi connectivity index (χ0v) is 12.6. The van der Waals surface area contributed by atoms with Crippen molar-refractivity contribution in [3.63, 3.8) is 0 Å². The van der Waals surface area contributed by atoms with Gasteiger partial charge in [0.25, 0.3) is 0 Å². The smallest absolute Gasteiger partial charge is 0.416 e. The quantitative estimate of drug-likeness (QED) is 0.751. The van der Waals surface area contributed by atoms with E-state index in [9.17, 15) is 22.8 Å². The fraction of sp³-hybridized carbons (Fsp3) is 0.429. The summed E-state index contributed by atoms with van der Waals surface area (Å²) in [5, 5.41) is 11.3. The van der Waals surface area contributed by atoms with Gasteiger partial charge >= 0.3 is 12.1 Å². The molecule has 0 fully saturated rings. The van der Waals surface area contributed by atoms with Crippen molar-refractivity contribution in [1.29, 1.82) is 0 Å². The topological polar surface area (TPSA) is 66.4 Å². The minimum Gasteiger partial charge on any atom is -0.480 e. The first-order valence-corrected chi connectivity index (χ1v) is 7.54. The molecule has 1 atom stereocenters. The summed E-state index contributed by atoms with van der Waals surface area (Å²) >= 11 is 0.926. The molecule has 0 aliphatic rings. The van der Waals surface area contributed by atoms with E-state index in [1.165, 1.54) is 12.1 Å². The largest absolute Gasteiger partial charge is 0.480 e. The Labute approximate surface area is 130 Å². The third kappa shape index (κ3) is 5.97. The highest BCUT2D eigenvalue weighted by Crippen LogP contribution is 2.31. The predicted octanol–water partition coefficient (Wildman–Crippen LogP) is 3.17. The Balaban J connectivity index is 2.59. The van der Waals surface area contributed by atoms with Gasteiger partial charge in [0.15, 0.2) is 0 Å². The number of nitrogens with one attached hydrogen (secondary N) is 1. The second-order valence-corrected chi connectivity index (χ2v) is 5.61. The van der Waals surface area contributed by atoms with Gasteiger partial charge in [-0.25, -0.2) is 4.79 Å². The van der Waals surface area contributed by atoms with E-state index in [0.717, 1.165) is 23.9 Å². The fourth-order valence-corrected chi connectivity index (χ4v) is 2.46. The van der Waals surface area contributed by atoms with Crippen LogP contribution in [0, 0.1) is 0 Å². The molecular weight excluding hydrogens is 319 g/mol. The third-order valence-corrected chi connectivity index (χ3v) is 3.74. The molecule has 1 aromatic carbocycles.